The van der Waals surface area contributed by atoms with Crippen molar-refractivity contribution in [1.29, 1.82) is 0 Å². The molecule has 2 aromatic rings. The molecular weight excluding hydrogens is 302 g/mol. The highest BCUT2D eigenvalue weighted by Crippen LogP contribution is 2.31. The molecule has 114 valence electrons. The maximum absolute atomic E-state index is 12.4. The Hall–Kier alpha value is -2.20. The number of aryl methyl sites for hydroxylation is 1. The molecule has 0 unspecified atom stereocenters. The number of carbonyl (C=O) groups excluding carboxylic acids is 1. The largest absolute Gasteiger partial charge is 0.506 e. The number of carbonyl (C=O) groups is 1. The molecule has 1 atom stereocenters. The van der Waals surface area contributed by atoms with E-state index in [4.69, 9.17) is 16.3 Å². The molecule has 0 aromatic heterocycles. The lowest BCUT2D eigenvalue weighted by atomic mass is 9.96. The zero-order chi connectivity index (χ0) is 15.7. The van der Waals surface area contributed by atoms with E-state index < -0.39 is 0 Å². The molecule has 2 aromatic carbocycles. The van der Waals surface area contributed by atoms with E-state index in [2.05, 4.69) is 5.32 Å². The number of ether oxygens (including phenoxy) is 1. The van der Waals surface area contributed by atoms with Gasteiger partial charge in [0.25, 0.3) is 0 Å². The van der Waals surface area contributed by atoms with E-state index in [9.17, 15) is 9.90 Å². The molecule has 3 rings (SSSR count). The summed E-state index contributed by atoms with van der Waals surface area (Å²) < 4.78 is 5.62. The Bertz CT molecular complexity index is 730. The monoisotopic (exact) mass is 317 g/mol. The predicted molar refractivity (Wildman–Crippen MR) is 85.6 cm³/mol. The Morgan fingerprint density at radius 1 is 1.32 bits per heavy atom. The first-order chi connectivity index (χ1) is 10.5. The van der Waals surface area contributed by atoms with E-state index in [1.54, 1.807) is 18.2 Å². The highest BCUT2D eigenvalue weighted by Gasteiger charge is 2.26. The summed E-state index contributed by atoms with van der Waals surface area (Å²) in [6, 6.07) is 10.5. The van der Waals surface area contributed by atoms with Gasteiger partial charge in [0.2, 0.25) is 5.91 Å². The number of rotatable bonds is 2. The van der Waals surface area contributed by atoms with Crippen molar-refractivity contribution in [3.05, 3.63) is 52.5 Å². The molecule has 0 spiro atoms. The van der Waals surface area contributed by atoms with Crippen molar-refractivity contribution in [2.24, 2.45) is 5.92 Å². The number of nitrogens with one attached hydrogen (secondary N) is 1. The van der Waals surface area contributed by atoms with Gasteiger partial charge in [0.05, 0.1) is 11.6 Å². The molecule has 0 aliphatic carbocycles. The van der Waals surface area contributed by atoms with Crippen LogP contribution in [-0.4, -0.2) is 17.6 Å². The van der Waals surface area contributed by atoms with Gasteiger partial charge in [-0.3, -0.25) is 4.79 Å². The van der Waals surface area contributed by atoms with E-state index in [1.807, 2.05) is 25.1 Å². The number of amides is 1. The summed E-state index contributed by atoms with van der Waals surface area (Å²) in [5.41, 5.74) is 2.26. The van der Waals surface area contributed by atoms with Crippen LogP contribution in [0.2, 0.25) is 5.02 Å². The van der Waals surface area contributed by atoms with Crippen LogP contribution >= 0.6 is 11.6 Å². The van der Waals surface area contributed by atoms with Crippen molar-refractivity contribution in [3.8, 4) is 11.5 Å². The number of fused-ring (bicyclic) bond motifs is 1. The minimum atomic E-state index is -0.313. The van der Waals surface area contributed by atoms with E-state index in [0.29, 0.717) is 23.7 Å². The van der Waals surface area contributed by atoms with Crippen molar-refractivity contribution in [1.82, 2.24) is 0 Å². The smallest absolute Gasteiger partial charge is 0.231 e. The second-order valence-electron chi connectivity index (χ2n) is 5.47. The SMILES string of the molecule is Cc1ccc(NC(=O)[C@@H]2COc3ccc(Cl)cc3C2)c(O)c1. The Labute approximate surface area is 133 Å². The second kappa shape index (κ2) is 5.89. The average Bonchev–Trinajstić information content (AvgIpc) is 2.49. The lowest BCUT2D eigenvalue weighted by molar-refractivity contribution is -0.121. The topological polar surface area (TPSA) is 58.6 Å². The summed E-state index contributed by atoms with van der Waals surface area (Å²) in [5.74, 6) is 0.344. The normalized spacial score (nSPS) is 16.5. The molecule has 0 fully saturated rings. The number of phenols is 1. The molecular formula is C17H16ClNO3. The highest BCUT2D eigenvalue weighted by molar-refractivity contribution is 6.30. The zero-order valence-electron chi connectivity index (χ0n) is 12.1. The number of hydrogen-bond acceptors (Lipinski definition) is 3. The number of hydrogen-bond donors (Lipinski definition) is 2. The first-order valence-electron chi connectivity index (χ1n) is 7.04. The molecule has 1 heterocycles. The van der Waals surface area contributed by atoms with Crippen molar-refractivity contribution in [2.75, 3.05) is 11.9 Å². The van der Waals surface area contributed by atoms with Gasteiger partial charge in [0.15, 0.2) is 0 Å². The third-order valence-electron chi connectivity index (χ3n) is 3.71. The number of aromatic hydroxyl groups is 1. The van der Waals surface area contributed by atoms with Crippen LogP contribution in [0.5, 0.6) is 11.5 Å². The van der Waals surface area contributed by atoms with Gasteiger partial charge in [-0.1, -0.05) is 17.7 Å². The van der Waals surface area contributed by atoms with Crippen molar-refractivity contribution in [2.45, 2.75) is 13.3 Å². The molecule has 4 nitrogen and oxygen atoms in total. The maximum Gasteiger partial charge on any atom is 0.231 e. The summed E-state index contributed by atoms with van der Waals surface area (Å²) >= 11 is 5.98. The Balaban J connectivity index is 1.74. The third-order valence-corrected chi connectivity index (χ3v) is 3.95. The highest BCUT2D eigenvalue weighted by atomic mass is 35.5. The fourth-order valence-electron chi connectivity index (χ4n) is 2.51. The zero-order valence-corrected chi connectivity index (χ0v) is 12.9. The van der Waals surface area contributed by atoms with Crippen LogP contribution in [-0.2, 0) is 11.2 Å². The number of benzene rings is 2. The van der Waals surface area contributed by atoms with Gasteiger partial charge < -0.3 is 15.2 Å². The number of anilines is 1. The Kier molecular flexibility index (Phi) is 3.94. The molecule has 0 saturated heterocycles. The van der Waals surface area contributed by atoms with Crippen LogP contribution in [0.1, 0.15) is 11.1 Å². The van der Waals surface area contributed by atoms with Gasteiger partial charge in [-0.15, -0.1) is 0 Å². The molecule has 5 heteroatoms. The standard InChI is InChI=1S/C17H16ClNO3/c1-10-2-4-14(15(20)6-10)19-17(21)12-7-11-8-13(18)3-5-16(11)22-9-12/h2-6,8,12,20H,7,9H2,1H3,(H,19,21)/t12-/m0/s1. The van der Waals surface area contributed by atoms with Crippen LogP contribution in [0.15, 0.2) is 36.4 Å². The minimum Gasteiger partial charge on any atom is -0.506 e. The van der Waals surface area contributed by atoms with Crippen molar-refractivity contribution in [3.63, 3.8) is 0 Å². The maximum atomic E-state index is 12.4. The van der Waals surface area contributed by atoms with Crippen LogP contribution in [0, 0.1) is 12.8 Å². The number of halogens is 1. The molecule has 0 radical (unpaired) electrons. The molecule has 1 amide bonds. The molecule has 1 aliphatic rings. The molecule has 0 saturated carbocycles. The minimum absolute atomic E-state index is 0.0634. The Morgan fingerprint density at radius 3 is 2.91 bits per heavy atom. The van der Waals surface area contributed by atoms with Crippen molar-refractivity contribution >= 4 is 23.2 Å². The molecule has 1 aliphatic heterocycles. The summed E-state index contributed by atoms with van der Waals surface area (Å²) in [4.78, 5) is 12.4. The molecule has 0 bridgehead atoms. The Morgan fingerprint density at radius 2 is 2.14 bits per heavy atom. The van der Waals surface area contributed by atoms with Gasteiger partial charge in [-0.2, -0.15) is 0 Å². The van der Waals surface area contributed by atoms with Gasteiger partial charge in [-0.25, -0.2) is 0 Å². The molecule has 2 N–H and O–H groups in total. The summed E-state index contributed by atoms with van der Waals surface area (Å²) in [6.07, 6.45) is 0.564. The van der Waals surface area contributed by atoms with E-state index in [1.165, 1.54) is 0 Å². The lowest BCUT2D eigenvalue weighted by Gasteiger charge is -2.24. The number of phenolic OH excluding ortho intramolecular Hbond substituents is 1. The lowest BCUT2D eigenvalue weighted by Crippen LogP contribution is -2.32. The second-order valence-corrected chi connectivity index (χ2v) is 5.91. The predicted octanol–water partition coefficient (Wildman–Crippen LogP) is 3.54. The van der Waals surface area contributed by atoms with Crippen LogP contribution in [0.3, 0.4) is 0 Å². The third kappa shape index (κ3) is 3.02. The van der Waals surface area contributed by atoms with Gasteiger partial charge in [0, 0.05) is 5.02 Å². The summed E-state index contributed by atoms with van der Waals surface area (Å²) in [7, 11) is 0. The van der Waals surface area contributed by atoms with Crippen LogP contribution < -0.4 is 10.1 Å². The van der Waals surface area contributed by atoms with Gasteiger partial charge in [0.1, 0.15) is 18.1 Å². The average molecular weight is 318 g/mol. The summed E-state index contributed by atoms with van der Waals surface area (Å²) in [6.45, 7) is 2.19. The van der Waals surface area contributed by atoms with Crippen LogP contribution in [0.25, 0.3) is 0 Å². The van der Waals surface area contributed by atoms with E-state index in [-0.39, 0.29) is 17.6 Å². The van der Waals surface area contributed by atoms with Crippen LogP contribution in [0.4, 0.5) is 5.69 Å². The fraction of sp³-hybridized carbons (Fsp3) is 0.235. The molecule has 22 heavy (non-hydrogen) atoms. The quantitative estimate of drug-likeness (QED) is 0.833. The fourth-order valence-corrected chi connectivity index (χ4v) is 2.71. The summed E-state index contributed by atoms with van der Waals surface area (Å²) in [5, 5.41) is 13.2. The van der Waals surface area contributed by atoms with E-state index >= 15 is 0 Å². The first kappa shape index (κ1) is 14.7. The van der Waals surface area contributed by atoms with Crippen molar-refractivity contribution < 1.29 is 14.6 Å². The van der Waals surface area contributed by atoms with E-state index in [0.717, 1.165) is 16.9 Å². The van der Waals surface area contributed by atoms with Gasteiger partial charge >= 0.3 is 0 Å². The first-order valence-corrected chi connectivity index (χ1v) is 7.42. The van der Waals surface area contributed by atoms with Gasteiger partial charge in [-0.05, 0) is 54.8 Å².